The lowest BCUT2D eigenvalue weighted by atomic mass is 10.00. The molecule has 0 spiro atoms. The van der Waals surface area contributed by atoms with Gasteiger partial charge in [0, 0.05) is 0 Å². The SMILES string of the molecule is CN[SiH2]C=C(c1ccccc1)c1ccccc1. The van der Waals surface area contributed by atoms with Crippen LogP contribution in [0, 0.1) is 0 Å². The smallest absolute Gasteiger partial charge is 0.117 e. The third-order valence-electron chi connectivity index (χ3n) is 2.68. The van der Waals surface area contributed by atoms with Crippen LogP contribution in [0.15, 0.2) is 66.4 Å². The first kappa shape index (κ1) is 11.8. The van der Waals surface area contributed by atoms with Gasteiger partial charge in [0.15, 0.2) is 0 Å². The Balaban J connectivity index is 2.40. The number of nitrogens with one attached hydrogen (secondary N) is 1. The average molecular weight is 239 g/mol. The van der Waals surface area contributed by atoms with Crippen molar-refractivity contribution in [2.24, 2.45) is 0 Å². The Morgan fingerprint density at radius 3 is 1.76 bits per heavy atom. The summed E-state index contributed by atoms with van der Waals surface area (Å²) in [5, 5.41) is 0. The Kier molecular flexibility index (Phi) is 4.30. The zero-order chi connectivity index (χ0) is 11.9. The second-order valence-electron chi connectivity index (χ2n) is 3.91. The maximum Gasteiger partial charge on any atom is 0.117 e. The van der Waals surface area contributed by atoms with E-state index in [0.717, 1.165) is 0 Å². The molecular formula is C15H17NSi. The Labute approximate surface area is 105 Å². The van der Waals surface area contributed by atoms with E-state index in [1.165, 1.54) is 16.7 Å². The molecule has 0 bridgehead atoms. The van der Waals surface area contributed by atoms with Crippen molar-refractivity contribution in [1.29, 1.82) is 0 Å². The van der Waals surface area contributed by atoms with Crippen LogP contribution in [0.3, 0.4) is 0 Å². The van der Waals surface area contributed by atoms with Crippen LogP contribution in [0.4, 0.5) is 0 Å². The topological polar surface area (TPSA) is 12.0 Å². The minimum absolute atomic E-state index is 0.325. The Bertz CT molecular complexity index is 435. The van der Waals surface area contributed by atoms with Crippen LogP contribution >= 0.6 is 0 Å². The summed E-state index contributed by atoms with van der Waals surface area (Å²) in [5.74, 6) is 0. The molecule has 2 heteroatoms. The first-order valence-corrected chi connectivity index (χ1v) is 7.40. The van der Waals surface area contributed by atoms with E-state index in [1.807, 2.05) is 7.05 Å². The summed E-state index contributed by atoms with van der Waals surface area (Å²) in [6.07, 6.45) is 0. The molecule has 17 heavy (non-hydrogen) atoms. The van der Waals surface area contributed by atoms with Crippen LogP contribution in [0.1, 0.15) is 11.1 Å². The van der Waals surface area contributed by atoms with Crippen molar-refractivity contribution < 1.29 is 0 Å². The van der Waals surface area contributed by atoms with Gasteiger partial charge in [0.25, 0.3) is 0 Å². The molecule has 0 aliphatic rings. The molecule has 2 aromatic rings. The molecule has 0 unspecified atom stereocenters. The minimum Gasteiger partial charge on any atom is -0.342 e. The van der Waals surface area contributed by atoms with E-state index in [9.17, 15) is 0 Å². The molecule has 0 aliphatic heterocycles. The quantitative estimate of drug-likeness (QED) is 0.808. The van der Waals surface area contributed by atoms with Gasteiger partial charge < -0.3 is 4.98 Å². The monoisotopic (exact) mass is 239 g/mol. The van der Waals surface area contributed by atoms with E-state index < -0.39 is 0 Å². The Morgan fingerprint density at radius 2 is 1.35 bits per heavy atom. The zero-order valence-corrected chi connectivity index (χ0v) is 11.5. The van der Waals surface area contributed by atoms with Gasteiger partial charge in [-0.2, -0.15) is 0 Å². The fraction of sp³-hybridized carbons (Fsp3) is 0.0667. The molecule has 0 saturated carbocycles. The van der Waals surface area contributed by atoms with Gasteiger partial charge in [0.1, 0.15) is 9.68 Å². The van der Waals surface area contributed by atoms with Crippen molar-refractivity contribution >= 4 is 15.3 Å². The van der Waals surface area contributed by atoms with Gasteiger partial charge in [0.05, 0.1) is 0 Å². The summed E-state index contributed by atoms with van der Waals surface area (Å²) in [5.41, 5.74) is 6.29. The predicted octanol–water partition coefficient (Wildman–Crippen LogP) is 2.38. The highest BCUT2D eigenvalue weighted by atomic mass is 28.2. The lowest BCUT2D eigenvalue weighted by molar-refractivity contribution is 1.26. The second-order valence-corrected chi connectivity index (χ2v) is 5.43. The van der Waals surface area contributed by atoms with E-state index in [-0.39, 0.29) is 9.68 Å². The fourth-order valence-electron chi connectivity index (χ4n) is 1.84. The van der Waals surface area contributed by atoms with Crippen LogP contribution in [-0.2, 0) is 0 Å². The van der Waals surface area contributed by atoms with E-state index in [1.54, 1.807) is 0 Å². The van der Waals surface area contributed by atoms with Gasteiger partial charge in [-0.15, -0.1) is 0 Å². The number of hydrogen-bond acceptors (Lipinski definition) is 1. The minimum atomic E-state index is -0.325. The summed E-state index contributed by atoms with van der Waals surface area (Å²) < 4.78 is 0. The fourth-order valence-corrected chi connectivity index (χ4v) is 2.72. The molecule has 0 aliphatic carbocycles. The molecule has 86 valence electrons. The van der Waals surface area contributed by atoms with Crippen LogP contribution in [0.25, 0.3) is 5.57 Å². The van der Waals surface area contributed by atoms with Crippen molar-refractivity contribution in [2.75, 3.05) is 7.05 Å². The number of hydrogen-bond donors (Lipinski definition) is 1. The van der Waals surface area contributed by atoms with Gasteiger partial charge >= 0.3 is 0 Å². The highest BCUT2D eigenvalue weighted by molar-refractivity contribution is 6.41. The largest absolute Gasteiger partial charge is 0.342 e. The normalized spacial score (nSPS) is 10.6. The first-order valence-electron chi connectivity index (χ1n) is 5.87. The molecule has 0 amide bonds. The molecular weight excluding hydrogens is 222 g/mol. The molecule has 0 saturated heterocycles. The second kappa shape index (κ2) is 6.18. The van der Waals surface area contributed by atoms with Crippen molar-refractivity contribution in [3.05, 3.63) is 77.5 Å². The number of benzene rings is 2. The molecule has 0 radical (unpaired) electrons. The third kappa shape index (κ3) is 3.16. The van der Waals surface area contributed by atoms with Crippen LogP contribution in [0.2, 0.25) is 0 Å². The summed E-state index contributed by atoms with van der Waals surface area (Å²) >= 11 is 0. The van der Waals surface area contributed by atoms with Gasteiger partial charge in [-0.05, 0) is 23.7 Å². The molecule has 0 heterocycles. The Morgan fingerprint density at radius 1 is 0.882 bits per heavy atom. The van der Waals surface area contributed by atoms with Gasteiger partial charge in [0.2, 0.25) is 0 Å². The average Bonchev–Trinajstić information content (AvgIpc) is 2.42. The van der Waals surface area contributed by atoms with Crippen LogP contribution in [0.5, 0.6) is 0 Å². The van der Waals surface area contributed by atoms with Gasteiger partial charge in [-0.1, -0.05) is 66.4 Å². The standard InChI is InChI=1S/C15H17NSi/c1-16-17-12-15(13-8-4-2-5-9-13)14-10-6-3-7-11-14/h2-12,16H,17H2,1H3. The van der Waals surface area contributed by atoms with E-state index in [0.29, 0.717) is 0 Å². The lowest BCUT2D eigenvalue weighted by Crippen LogP contribution is -2.10. The van der Waals surface area contributed by atoms with Crippen LogP contribution in [-0.4, -0.2) is 16.7 Å². The molecule has 0 atom stereocenters. The van der Waals surface area contributed by atoms with E-state index in [2.05, 4.69) is 71.3 Å². The highest BCUT2D eigenvalue weighted by Gasteiger charge is 2.02. The molecule has 0 fully saturated rings. The summed E-state index contributed by atoms with van der Waals surface area (Å²) in [6, 6.07) is 21.2. The number of rotatable bonds is 4. The van der Waals surface area contributed by atoms with Gasteiger partial charge in [-0.3, -0.25) is 0 Å². The third-order valence-corrected chi connectivity index (χ3v) is 3.70. The van der Waals surface area contributed by atoms with Crippen LogP contribution < -0.4 is 4.98 Å². The zero-order valence-electron chi connectivity index (χ0n) is 10.1. The maximum absolute atomic E-state index is 3.30. The first-order chi connectivity index (χ1) is 8.42. The predicted molar refractivity (Wildman–Crippen MR) is 77.6 cm³/mol. The van der Waals surface area contributed by atoms with Crippen molar-refractivity contribution in [1.82, 2.24) is 4.98 Å². The van der Waals surface area contributed by atoms with E-state index in [4.69, 9.17) is 0 Å². The van der Waals surface area contributed by atoms with Crippen molar-refractivity contribution in [3.63, 3.8) is 0 Å². The molecule has 2 rings (SSSR count). The molecule has 0 aromatic heterocycles. The highest BCUT2D eigenvalue weighted by Crippen LogP contribution is 2.22. The maximum atomic E-state index is 3.30. The Hall–Kier alpha value is -1.64. The van der Waals surface area contributed by atoms with Crippen molar-refractivity contribution in [2.45, 2.75) is 0 Å². The van der Waals surface area contributed by atoms with E-state index >= 15 is 0 Å². The molecule has 1 nitrogen and oxygen atoms in total. The van der Waals surface area contributed by atoms with Gasteiger partial charge in [-0.25, -0.2) is 0 Å². The molecule has 2 aromatic carbocycles. The van der Waals surface area contributed by atoms with Crippen molar-refractivity contribution in [3.8, 4) is 0 Å². The molecule has 1 N–H and O–H groups in total. The lowest BCUT2D eigenvalue weighted by Gasteiger charge is -2.08. The summed E-state index contributed by atoms with van der Waals surface area (Å²) in [7, 11) is 1.70. The summed E-state index contributed by atoms with van der Waals surface area (Å²) in [4.78, 5) is 3.30. The summed E-state index contributed by atoms with van der Waals surface area (Å²) in [6.45, 7) is 0.